The Bertz CT molecular complexity index is 405. The van der Waals surface area contributed by atoms with Crippen LogP contribution in [0.2, 0.25) is 0 Å². The van der Waals surface area contributed by atoms with Crippen LogP contribution in [0.25, 0.3) is 0 Å². The highest BCUT2D eigenvalue weighted by molar-refractivity contribution is 8.00. The first-order valence-corrected chi connectivity index (χ1v) is 7.48. The highest BCUT2D eigenvalue weighted by atomic mass is 32.2. The Balaban J connectivity index is 2.05. The predicted octanol–water partition coefficient (Wildman–Crippen LogP) is 2.78. The molecule has 1 aromatic carbocycles. The van der Waals surface area contributed by atoms with Crippen molar-refractivity contribution in [2.75, 3.05) is 13.2 Å². The number of nitrogens with zero attached hydrogens (tertiary/aromatic N) is 1. The van der Waals surface area contributed by atoms with Crippen LogP contribution in [0.5, 0.6) is 0 Å². The molecule has 4 nitrogen and oxygen atoms in total. The molecule has 0 amide bonds. The van der Waals surface area contributed by atoms with E-state index in [9.17, 15) is 0 Å². The fraction of sp³-hybridized carbons (Fsp3) is 0.500. The minimum absolute atomic E-state index is 0.236. The minimum Gasteiger partial charge on any atom is -0.409 e. The third-order valence-corrected chi connectivity index (χ3v) is 4.84. The number of rotatable bonds is 5. The normalized spacial score (nSPS) is 19.3. The summed E-state index contributed by atoms with van der Waals surface area (Å²) in [7, 11) is 0. The topological polar surface area (TPSA) is 67.8 Å². The molecule has 1 atom stereocenters. The molecular formula is C14H20N2O2S. The van der Waals surface area contributed by atoms with E-state index in [1.54, 1.807) is 0 Å². The zero-order valence-corrected chi connectivity index (χ0v) is 11.7. The van der Waals surface area contributed by atoms with Crippen LogP contribution in [0.4, 0.5) is 0 Å². The van der Waals surface area contributed by atoms with Gasteiger partial charge in [0.2, 0.25) is 0 Å². The molecule has 1 saturated heterocycles. The van der Waals surface area contributed by atoms with Crippen molar-refractivity contribution in [3.63, 3.8) is 0 Å². The maximum atomic E-state index is 8.77. The molecule has 0 aromatic heterocycles. The Hall–Kier alpha value is -1.20. The van der Waals surface area contributed by atoms with Gasteiger partial charge in [-0.3, -0.25) is 0 Å². The Kier molecular flexibility index (Phi) is 5.54. The number of ether oxygens (including phenoxy) is 1. The number of hydrogen-bond acceptors (Lipinski definition) is 4. The first kappa shape index (κ1) is 14.2. The molecule has 104 valence electrons. The molecule has 19 heavy (non-hydrogen) atoms. The van der Waals surface area contributed by atoms with E-state index in [1.165, 1.54) is 5.56 Å². The first-order valence-electron chi connectivity index (χ1n) is 6.54. The third kappa shape index (κ3) is 4.44. The summed E-state index contributed by atoms with van der Waals surface area (Å²) in [6, 6.07) is 10.3. The summed E-state index contributed by atoms with van der Waals surface area (Å²) in [4.78, 5) is 0. The molecule has 1 aliphatic rings. The molecule has 0 spiro atoms. The maximum Gasteiger partial charge on any atom is 0.140 e. The summed E-state index contributed by atoms with van der Waals surface area (Å²) in [5.74, 6) is 0.286. The molecule has 0 bridgehead atoms. The van der Waals surface area contributed by atoms with E-state index < -0.39 is 0 Å². The highest BCUT2D eigenvalue weighted by Gasteiger charge is 2.22. The lowest BCUT2D eigenvalue weighted by Crippen LogP contribution is -2.21. The van der Waals surface area contributed by atoms with Gasteiger partial charge in [0.15, 0.2) is 0 Å². The second kappa shape index (κ2) is 7.40. The number of hydrogen-bond donors (Lipinski definition) is 2. The van der Waals surface area contributed by atoms with Gasteiger partial charge in [-0.25, -0.2) is 0 Å². The molecule has 3 N–H and O–H groups in total. The van der Waals surface area contributed by atoms with E-state index in [2.05, 4.69) is 17.3 Å². The molecule has 0 saturated carbocycles. The summed E-state index contributed by atoms with van der Waals surface area (Å²) in [6.07, 6.45) is 2.72. The maximum absolute atomic E-state index is 8.77. The van der Waals surface area contributed by atoms with Crippen molar-refractivity contribution in [3.05, 3.63) is 35.9 Å². The first-order chi connectivity index (χ1) is 9.29. The molecule has 0 aliphatic carbocycles. The Morgan fingerprint density at radius 2 is 2.05 bits per heavy atom. The standard InChI is InChI=1S/C14H20N2O2S/c15-14(16-17)10-13(11-4-2-1-3-5-11)19-12-6-8-18-9-7-12/h1-5,12-13,17H,6-10H2,(H2,15,16). The van der Waals surface area contributed by atoms with E-state index in [4.69, 9.17) is 15.7 Å². The zero-order chi connectivity index (χ0) is 13.5. The van der Waals surface area contributed by atoms with E-state index in [0.29, 0.717) is 11.7 Å². The van der Waals surface area contributed by atoms with E-state index in [0.717, 1.165) is 26.1 Å². The van der Waals surface area contributed by atoms with Crippen LogP contribution in [0.15, 0.2) is 35.5 Å². The fourth-order valence-electron chi connectivity index (χ4n) is 2.19. The summed E-state index contributed by atoms with van der Waals surface area (Å²) in [6.45, 7) is 1.67. The molecule has 1 aliphatic heterocycles. The summed E-state index contributed by atoms with van der Waals surface area (Å²) < 4.78 is 5.39. The minimum atomic E-state index is 0.236. The smallest absolute Gasteiger partial charge is 0.140 e. The fourth-order valence-corrected chi connectivity index (χ4v) is 3.70. The predicted molar refractivity (Wildman–Crippen MR) is 78.6 cm³/mol. The lowest BCUT2D eigenvalue weighted by atomic mass is 10.1. The van der Waals surface area contributed by atoms with Crippen LogP contribution in [0.1, 0.15) is 30.1 Å². The van der Waals surface area contributed by atoms with Crippen LogP contribution in [0, 0.1) is 0 Å². The Labute approximate surface area is 118 Å². The number of benzene rings is 1. The van der Waals surface area contributed by atoms with Gasteiger partial charge in [0.05, 0.1) is 0 Å². The van der Waals surface area contributed by atoms with Crippen molar-refractivity contribution in [2.24, 2.45) is 10.9 Å². The number of nitrogens with two attached hydrogens (primary N) is 1. The largest absolute Gasteiger partial charge is 0.409 e. The van der Waals surface area contributed by atoms with Gasteiger partial charge in [-0.05, 0) is 18.4 Å². The SMILES string of the molecule is NC(CC(SC1CCOCC1)c1ccccc1)=NO. The molecule has 5 heteroatoms. The second-order valence-corrected chi connectivity index (χ2v) is 6.15. The molecule has 1 unspecified atom stereocenters. The second-order valence-electron chi connectivity index (χ2n) is 4.64. The van der Waals surface area contributed by atoms with Gasteiger partial charge < -0.3 is 15.7 Å². The molecule has 2 rings (SSSR count). The highest BCUT2D eigenvalue weighted by Crippen LogP contribution is 2.38. The van der Waals surface area contributed by atoms with Crippen molar-refractivity contribution in [3.8, 4) is 0 Å². The summed E-state index contributed by atoms with van der Waals surface area (Å²) in [5.41, 5.74) is 6.91. The lowest BCUT2D eigenvalue weighted by Gasteiger charge is -2.26. The third-order valence-electron chi connectivity index (χ3n) is 3.22. The number of oxime groups is 1. The van der Waals surface area contributed by atoms with Crippen LogP contribution >= 0.6 is 11.8 Å². The van der Waals surface area contributed by atoms with Crippen LogP contribution in [-0.4, -0.2) is 29.5 Å². The molecular weight excluding hydrogens is 260 g/mol. The zero-order valence-electron chi connectivity index (χ0n) is 10.9. The summed E-state index contributed by atoms with van der Waals surface area (Å²) in [5, 5.41) is 12.7. The van der Waals surface area contributed by atoms with Crippen molar-refractivity contribution in [2.45, 2.75) is 29.8 Å². The lowest BCUT2D eigenvalue weighted by molar-refractivity contribution is 0.0999. The van der Waals surface area contributed by atoms with Crippen molar-refractivity contribution in [1.82, 2.24) is 0 Å². The monoisotopic (exact) mass is 280 g/mol. The quantitative estimate of drug-likeness (QED) is 0.377. The van der Waals surface area contributed by atoms with Crippen molar-refractivity contribution in [1.29, 1.82) is 0 Å². The molecule has 1 aromatic rings. The van der Waals surface area contributed by atoms with Crippen molar-refractivity contribution >= 4 is 17.6 Å². The van der Waals surface area contributed by atoms with Gasteiger partial charge in [0.1, 0.15) is 5.84 Å². The Morgan fingerprint density at radius 1 is 1.37 bits per heavy atom. The van der Waals surface area contributed by atoms with Gasteiger partial charge in [-0.15, -0.1) is 11.8 Å². The van der Waals surface area contributed by atoms with E-state index >= 15 is 0 Å². The number of thioether (sulfide) groups is 1. The average Bonchev–Trinajstić information content (AvgIpc) is 2.48. The van der Waals surface area contributed by atoms with Crippen LogP contribution in [0.3, 0.4) is 0 Å². The number of amidine groups is 1. The Morgan fingerprint density at radius 3 is 2.68 bits per heavy atom. The van der Waals surface area contributed by atoms with Gasteiger partial charge in [0, 0.05) is 30.1 Å². The van der Waals surface area contributed by atoms with Crippen LogP contribution < -0.4 is 5.73 Å². The van der Waals surface area contributed by atoms with E-state index in [1.807, 2.05) is 30.0 Å². The van der Waals surface area contributed by atoms with Gasteiger partial charge in [0.25, 0.3) is 0 Å². The summed E-state index contributed by atoms with van der Waals surface area (Å²) >= 11 is 1.91. The van der Waals surface area contributed by atoms with Gasteiger partial charge in [-0.2, -0.15) is 0 Å². The molecule has 0 radical (unpaired) electrons. The van der Waals surface area contributed by atoms with E-state index in [-0.39, 0.29) is 11.1 Å². The molecule has 1 fully saturated rings. The average molecular weight is 280 g/mol. The van der Waals surface area contributed by atoms with Crippen molar-refractivity contribution < 1.29 is 9.94 Å². The van der Waals surface area contributed by atoms with Gasteiger partial charge in [-0.1, -0.05) is 35.5 Å². The van der Waals surface area contributed by atoms with Crippen LogP contribution in [-0.2, 0) is 4.74 Å². The molecule has 1 heterocycles. The van der Waals surface area contributed by atoms with Gasteiger partial charge >= 0.3 is 0 Å².